The van der Waals surface area contributed by atoms with Crippen molar-refractivity contribution in [3.8, 4) is 0 Å². The lowest BCUT2D eigenvalue weighted by Crippen LogP contribution is -2.41. The van der Waals surface area contributed by atoms with Crippen LogP contribution in [0.4, 0.5) is 0 Å². The highest BCUT2D eigenvalue weighted by Crippen LogP contribution is 2.61. The largest absolute Gasteiger partial charge is 0.592 e. The third-order valence-corrected chi connectivity index (χ3v) is 12.1. The number of nitrogens with zero attached hydrogens (tertiary/aromatic N) is 1. The van der Waals surface area contributed by atoms with Gasteiger partial charge in [-0.1, -0.05) is 45.4 Å². The van der Waals surface area contributed by atoms with Crippen LogP contribution in [0, 0.1) is 5.92 Å². The first-order valence-electron chi connectivity index (χ1n) is 8.95. The molecule has 0 radical (unpaired) electrons. The van der Waals surface area contributed by atoms with E-state index in [1.165, 1.54) is 33.5 Å². The highest BCUT2D eigenvalue weighted by atomic mass is 32.5. The van der Waals surface area contributed by atoms with Gasteiger partial charge in [-0.15, -0.1) is 0 Å². The maximum Gasteiger partial charge on any atom is 0.273 e. The third kappa shape index (κ3) is 4.18. The van der Waals surface area contributed by atoms with E-state index in [1.807, 2.05) is 6.92 Å². The van der Waals surface area contributed by atoms with Gasteiger partial charge >= 0.3 is 0 Å². The first kappa shape index (κ1) is 20.7. The van der Waals surface area contributed by atoms with Crippen molar-refractivity contribution < 1.29 is 18.4 Å². The Labute approximate surface area is 154 Å². The second-order valence-electron chi connectivity index (χ2n) is 6.63. The van der Waals surface area contributed by atoms with Gasteiger partial charge in [0.2, 0.25) is 11.5 Å². The molecule has 0 bridgehead atoms. The standard InChI is InChI=1S/C16H30NO4PS2/c1-4-10-14-15(18)17(13-11-8-6-5-7-9-12-13)24(19)16(14)22(23,20-2)21-3/h13-14,16H,4-12H2,1-3H3. The molecule has 140 valence electrons. The number of carbonyl (C=O) groups excluding carboxylic acids is 1. The minimum Gasteiger partial charge on any atom is -0.592 e. The third-order valence-electron chi connectivity index (χ3n) is 5.11. The molecule has 1 saturated carbocycles. The highest BCUT2D eigenvalue weighted by Gasteiger charge is 2.60. The van der Waals surface area contributed by atoms with Crippen molar-refractivity contribution in [2.24, 2.45) is 5.92 Å². The Hall–Kier alpha value is 0.350. The minimum absolute atomic E-state index is 0.00548. The molecular formula is C16H30NO4PS2. The zero-order valence-corrected chi connectivity index (χ0v) is 17.5. The molecule has 0 spiro atoms. The van der Waals surface area contributed by atoms with Crippen molar-refractivity contribution >= 4 is 35.6 Å². The van der Waals surface area contributed by atoms with Crippen LogP contribution in [0.3, 0.4) is 0 Å². The fourth-order valence-electron chi connectivity index (χ4n) is 3.82. The highest BCUT2D eigenvalue weighted by molar-refractivity contribution is 8.16. The zero-order valence-electron chi connectivity index (χ0n) is 14.9. The second-order valence-corrected chi connectivity index (χ2v) is 12.3. The molecule has 8 heteroatoms. The molecule has 1 heterocycles. The molecule has 3 atom stereocenters. The number of amides is 1. The van der Waals surface area contributed by atoms with E-state index in [0.717, 1.165) is 32.1 Å². The Morgan fingerprint density at radius 2 is 1.75 bits per heavy atom. The number of hydrogen-bond acceptors (Lipinski definition) is 5. The molecule has 1 aliphatic heterocycles. The van der Waals surface area contributed by atoms with E-state index in [9.17, 15) is 9.35 Å². The average Bonchev–Trinajstić information content (AvgIpc) is 2.79. The molecule has 2 rings (SSSR count). The Bertz CT molecular complexity index is 463. The topological polar surface area (TPSA) is 61.8 Å². The molecule has 24 heavy (non-hydrogen) atoms. The Morgan fingerprint density at radius 1 is 1.21 bits per heavy atom. The summed E-state index contributed by atoms with van der Waals surface area (Å²) < 4.78 is 25.9. The van der Waals surface area contributed by atoms with E-state index in [2.05, 4.69) is 0 Å². The molecule has 1 saturated heterocycles. The predicted molar refractivity (Wildman–Crippen MR) is 102 cm³/mol. The fourth-order valence-corrected chi connectivity index (χ4v) is 9.49. The van der Waals surface area contributed by atoms with Crippen LogP contribution in [0.5, 0.6) is 0 Å². The van der Waals surface area contributed by atoms with Crippen LogP contribution < -0.4 is 0 Å². The van der Waals surface area contributed by atoms with Crippen LogP contribution in [-0.4, -0.2) is 40.0 Å². The van der Waals surface area contributed by atoms with Gasteiger partial charge < -0.3 is 13.6 Å². The van der Waals surface area contributed by atoms with Crippen LogP contribution in [0.1, 0.15) is 64.7 Å². The van der Waals surface area contributed by atoms with E-state index in [-0.39, 0.29) is 17.9 Å². The lowest BCUT2D eigenvalue weighted by molar-refractivity contribution is -0.130. The van der Waals surface area contributed by atoms with Gasteiger partial charge in [0.05, 0.1) is 17.4 Å². The quantitative estimate of drug-likeness (QED) is 0.503. The summed E-state index contributed by atoms with van der Waals surface area (Å²) >= 11 is 4.12. The summed E-state index contributed by atoms with van der Waals surface area (Å²) in [6, 6.07) is 0.0696. The monoisotopic (exact) mass is 395 g/mol. The van der Waals surface area contributed by atoms with Gasteiger partial charge in [-0.3, -0.25) is 4.79 Å². The van der Waals surface area contributed by atoms with Crippen molar-refractivity contribution in [1.29, 1.82) is 0 Å². The van der Waals surface area contributed by atoms with Crippen molar-refractivity contribution in [3.05, 3.63) is 0 Å². The van der Waals surface area contributed by atoms with Gasteiger partial charge in [0.15, 0.2) is 0 Å². The second kappa shape index (κ2) is 9.33. The van der Waals surface area contributed by atoms with E-state index in [1.54, 1.807) is 4.31 Å². The lowest BCUT2D eigenvalue weighted by Gasteiger charge is -2.31. The summed E-state index contributed by atoms with van der Waals surface area (Å²) in [5.41, 5.74) is 0. The summed E-state index contributed by atoms with van der Waals surface area (Å²) in [5, 5.41) is 0. The molecule has 2 fully saturated rings. The fraction of sp³-hybridized carbons (Fsp3) is 0.938. The smallest absolute Gasteiger partial charge is 0.273 e. The lowest BCUT2D eigenvalue weighted by atomic mass is 9.96. The van der Waals surface area contributed by atoms with Gasteiger partial charge in [-0.05, 0) is 31.1 Å². The first-order valence-corrected chi connectivity index (χ1v) is 12.8. The predicted octanol–water partition coefficient (Wildman–Crippen LogP) is 3.95. The number of carbonyl (C=O) groups is 1. The molecule has 3 unspecified atom stereocenters. The van der Waals surface area contributed by atoms with Crippen LogP contribution >= 0.6 is 6.49 Å². The van der Waals surface area contributed by atoms with E-state index < -0.39 is 22.8 Å². The Morgan fingerprint density at radius 3 is 2.25 bits per heavy atom. The molecule has 0 N–H and O–H groups in total. The molecular weight excluding hydrogens is 365 g/mol. The Kier molecular flexibility index (Phi) is 8.03. The van der Waals surface area contributed by atoms with Crippen LogP contribution in [0.2, 0.25) is 0 Å². The van der Waals surface area contributed by atoms with Gasteiger partial charge in [-0.25, -0.2) is 0 Å². The molecule has 2 aliphatic rings. The van der Waals surface area contributed by atoms with Crippen molar-refractivity contribution in [2.45, 2.75) is 75.7 Å². The molecule has 0 aromatic carbocycles. The number of hydrogen-bond donors (Lipinski definition) is 0. The molecule has 1 aliphatic carbocycles. The van der Waals surface area contributed by atoms with Crippen LogP contribution in [0.25, 0.3) is 0 Å². The van der Waals surface area contributed by atoms with E-state index in [4.69, 9.17) is 20.9 Å². The van der Waals surface area contributed by atoms with Gasteiger partial charge in [0.25, 0.3) is 5.91 Å². The average molecular weight is 396 g/mol. The maximum absolute atomic E-state index is 13.3. The van der Waals surface area contributed by atoms with Crippen molar-refractivity contribution in [1.82, 2.24) is 4.31 Å². The van der Waals surface area contributed by atoms with Crippen LogP contribution in [-0.2, 0) is 37.0 Å². The Balaban J connectivity index is 2.29. The van der Waals surface area contributed by atoms with Gasteiger partial charge in [0.1, 0.15) is 5.92 Å². The van der Waals surface area contributed by atoms with Crippen molar-refractivity contribution in [2.75, 3.05) is 14.2 Å². The molecule has 5 nitrogen and oxygen atoms in total. The van der Waals surface area contributed by atoms with E-state index in [0.29, 0.717) is 6.42 Å². The summed E-state index contributed by atoms with van der Waals surface area (Å²) in [6.07, 6.45) is 9.25. The SMILES string of the molecule is CCCC1C(=O)N(C2CCCCCCC2)[S+]([O-])C1P(=S)(OC)OC. The maximum atomic E-state index is 13.3. The summed E-state index contributed by atoms with van der Waals surface area (Å²) in [4.78, 5) is 12.6. The first-order chi connectivity index (χ1) is 11.5. The molecule has 0 aromatic heterocycles. The normalized spacial score (nSPS) is 30.4. The minimum atomic E-state index is -2.75. The van der Waals surface area contributed by atoms with Crippen molar-refractivity contribution in [3.63, 3.8) is 0 Å². The number of rotatable bonds is 6. The van der Waals surface area contributed by atoms with Crippen LogP contribution in [0.15, 0.2) is 0 Å². The summed E-state index contributed by atoms with van der Waals surface area (Å²) in [7, 11) is 3.01. The molecule has 1 amide bonds. The van der Waals surface area contributed by atoms with E-state index >= 15 is 0 Å². The summed E-state index contributed by atoms with van der Waals surface area (Å²) in [6.45, 7) is -0.709. The summed E-state index contributed by atoms with van der Waals surface area (Å²) in [5.74, 6) is -0.346. The van der Waals surface area contributed by atoms with Gasteiger partial charge in [-0.2, -0.15) is 4.31 Å². The van der Waals surface area contributed by atoms with Gasteiger partial charge in [0, 0.05) is 14.2 Å². The molecule has 0 aromatic rings. The zero-order chi connectivity index (χ0) is 17.7.